The van der Waals surface area contributed by atoms with Crippen LogP contribution in [-0.2, 0) is 4.79 Å². The van der Waals surface area contributed by atoms with Crippen molar-refractivity contribution < 1.29 is 9.59 Å². The van der Waals surface area contributed by atoms with Crippen molar-refractivity contribution in [2.45, 2.75) is 13.8 Å². The van der Waals surface area contributed by atoms with E-state index in [1.165, 1.54) is 6.92 Å². The van der Waals surface area contributed by atoms with Gasteiger partial charge in [-0.1, -0.05) is 11.6 Å². The van der Waals surface area contributed by atoms with Crippen molar-refractivity contribution in [3.05, 3.63) is 34.3 Å². The maximum atomic E-state index is 11.8. The van der Waals surface area contributed by atoms with Crippen LogP contribution < -0.4 is 10.6 Å². The highest BCUT2D eigenvalue weighted by Crippen LogP contribution is 2.16. The fourth-order valence-electron chi connectivity index (χ4n) is 1.45. The second-order valence-corrected chi connectivity index (χ2v) is 4.45. The van der Waals surface area contributed by atoms with Crippen molar-refractivity contribution in [1.29, 1.82) is 0 Å². The van der Waals surface area contributed by atoms with Gasteiger partial charge in [-0.3, -0.25) is 9.59 Å². The summed E-state index contributed by atoms with van der Waals surface area (Å²) in [4.78, 5) is 22.4. The molecule has 0 saturated heterocycles. The van der Waals surface area contributed by atoms with Crippen molar-refractivity contribution in [2.75, 3.05) is 19.6 Å². The molecule has 18 heavy (non-hydrogen) atoms. The van der Waals surface area contributed by atoms with Crippen LogP contribution in [-0.4, -0.2) is 31.3 Å². The fourth-order valence-corrected chi connectivity index (χ4v) is 1.57. The van der Waals surface area contributed by atoms with E-state index in [-0.39, 0.29) is 18.2 Å². The average molecular weight is 269 g/mol. The first-order chi connectivity index (χ1) is 8.50. The first kappa shape index (κ1) is 14.7. The highest BCUT2D eigenvalue weighted by atomic mass is 35.5. The molecule has 1 aromatic carbocycles. The fraction of sp³-hybridized carbons (Fsp3) is 0.385. The maximum Gasteiger partial charge on any atom is 0.216 e. The molecule has 0 bridgehead atoms. The number of Topliss-reactive ketones (excluding diaryl/α,β-unsaturated/α-hetero) is 1. The number of amides is 1. The average Bonchev–Trinajstić information content (AvgIpc) is 2.31. The monoisotopic (exact) mass is 268 g/mol. The molecule has 0 radical (unpaired) electrons. The summed E-state index contributed by atoms with van der Waals surface area (Å²) >= 11 is 5.89. The normalized spacial score (nSPS) is 10.2. The predicted octanol–water partition coefficient (Wildman–Crippen LogP) is 1.56. The van der Waals surface area contributed by atoms with Crippen LogP contribution in [0.25, 0.3) is 0 Å². The number of hydrogen-bond donors (Lipinski definition) is 2. The van der Waals surface area contributed by atoms with Crippen LogP contribution in [0.15, 0.2) is 18.2 Å². The van der Waals surface area contributed by atoms with E-state index in [2.05, 4.69) is 10.6 Å². The van der Waals surface area contributed by atoms with Gasteiger partial charge in [-0.05, 0) is 30.7 Å². The Kier molecular flexibility index (Phi) is 5.82. The van der Waals surface area contributed by atoms with Gasteiger partial charge in [-0.25, -0.2) is 0 Å². The summed E-state index contributed by atoms with van der Waals surface area (Å²) in [5.74, 6) is -0.0611. The number of benzene rings is 1. The largest absolute Gasteiger partial charge is 0.355 e. The van der Waals surface area contributed by atoms with E-state index < -0.39 is 0 Å². The molecule has 5 heteroatoms. The van der Waals surface area contributed by atoms with E-state index in [1.54, 1.807) is 18.2 Å². The molecular formula is C13H17ClN2O2. The maximum absolute atomic E-state index is 11.8. The molecule has 0 aliphatic rings. The van der Waals surface area contributed by atoms with Gasteiger partial charge in [-0.15, -0.1) is 0 Å². The molecule has 0 aliphatic heterocycles. The predicted molar refractivity (Wildman–Crippen MR) is 72.1 cm³/mol. The van der Waals surface area contributed by atoms with Crippen LogP contribution in [0.3, 0.4) is 0 Å². The van der Waals surface area contributed by atoms with E-state index in [1.807, 2.05) is 6.92 Å². The van der Waals surface area contributed by atoms with Gasteiger partial charge in [0.2, 0.25) is 5.91 Å². The zero-order chi connectivity index (χ0) is 13.5. The topological polar surface area (TPSA) is 58.2 Å². The van der Waals surface area contributed by atoms with Gasteiger partial charge in [-0.2, -0.15) is 0 Å². The molecule has 0 atom stereocenters. The molecule has 0 aromatic heterocycles. The highest BCUT2D eigenvalue weighted by molar-refractivity contribution is 6.31. The molecule has 0 spiro atoms. The molecule has 98 valence electrons. The minimum Gasteiger partial charge on any atom is -0.355 e. The second kappa shape index (κ2) is 7.13. The molecule has 1 amide bonds. The first-order valence-corrected chi connectivity index (χ1v) is 6.13. The minimum absolute atomic E-state index is 0.0117. The first-order valence-electron chi connectivity index (χ1n) is 5.75. The Hall–Kier alpha value is -1.39. The molecule has 2 N–H and O–H groups in total. The minimum atomic E-state index is -0.0727. The molecular weight excluding hydrogens is 252 g/mol. The summed E-state index contributed by atoms with van der Waals surface area (Å²) in [6.07, 6.45) is 0. The molecule has 0 saturated carbocycles. The van der Waals surface area contributed by atoms with E-state index in [9.17, 15) is 9.59 Å². The number of ketones is 1. The Morgan fingerprint density at radius 3 is 2.61 bits per heavy atom. The standard InChI is InChI=1S/C13H17ClN2O2/c1-9-7-11(3-4-12(9)14)13(18)8-15-5-6-16-10(2)17/h3-4,7,15H,5-6,8H2,1-2H3,(H,16,17). The Bertz CT molecular complexity index is 447. The van der Waals surface area contributed by atoms with E-state index >= 15 is 0 Å². The summed E-state index contributed by atoms with van der Waals surface area (Å²) in [5, 5.41) is 6.28. The van der Waals surface area contributed by atoms with Crippen LogP contribution in [0, 0.1) is 6.92 Å². The molecule has 0 unspecified atom stereocenters. The van der Waals surface area contributed by atoms with E-state index in [4.69, 9.17) is 11.6 Å². The summed E-state index contributed by atoms with van der Waals surface area (Å²) in [5.41, 5.74) is 1.53. The van der Waals surface area contributed by atoms with Crippen LogP contribution >= 0.6 is 11.6 Å². The van der Waals surface area contributed by atoms with Crippen molar-refractivity contribution in [3.63, 3.8) is 0 Å². The number of nitrogens with one attached hydrogen (secondary N) is 2. The lowest BCUT2D eigenvalue weighted by Crippen LogP contribution is -2.32. The number of carbonyl (C=O) groups is 2. The SMILES string of the molecule is CC(=O)NCCNCC(=O)c1ccc(Cl)c(C)c1. The molecule has 0 heterocycles. The Morgan fingerprint density at radius 2 is 2.00 bits per heavy atom. The summed E-state index contributed by atoms with van der Waals surface area (Å²) in [6, 6.07) is 5.22. The molecule has 1 aromatic rings. The van der Waals surface area contributed by atoms with Crippen LogP contribution in [0.2, 0.25) is 5.02 Å². The zero-order valence-electron chi connectivity index (χ0n) is 10.5. The Balaban J connectivity index is 2.36. The zero-order valence-corrected chi connectivity index (χ0v) is 11.3. The quantitative estimate of drug-likeness (QED) is 0.608. The van der Waals surface area contributed by atoms with Crippen molar-refractivity contribution >= 4 is 23.3 Å². The van der Waals surface area contributed by atoms with Crippen LogP contribution in [0.5, 0.6) is 0 Å². The second-order valence-electron chi connectivity index (χ2n) is 4.05. The Labute approximate surface area is 112 Å². The molecule has 0 aliphatic carbocycles. The van der Waals surface area contributed by atoms with E-state index in [0.717, 1.165) is 5.56 Å². The Morgan fingerprint density at radius 1 is 1.28 bits per heavy atom. The van der Waals surface area contributed by atoms with Gasteiger partial charge < -0.3 is 10.6 Å². The lowest BCUT2D eigenvalue weighted by atomic mass is 10.1. The van der Waals surface area contributed by atoms with Gasteiger partial charge in [0, 0.05) is 30.6 Å². The number of halogens is 1. The lowest BCUT2D eigenvalue weighted by molar-refractivity contribution is -0.118. The van der Waals surface area contributed by atoms with Gasteiger partial charge >= 0.3 is 0 Å². The van der Waals surface area contributed by atoms with Crippen molar-refractivity contribution in [2.24, 2.45) is 0 Å². The van der Waals surface area contributed by atoms with Gasteiger partial charge in [0.05, 0.1) is 6.54 Å². The van der Waals surface area contributed by atoms with Crippen molar-refractivity contribution in [1.82, 2.24) is 10.6 Å². The van der Waals surface area contributed by atoms with Crippen molar-refractivity contribution in [3.8, 4) is 0 Å². The summed E-state index contributed by atoms with van der Waals surface area (Å²) in [7, 11) is 0. The smallest absolute Gasteiger partial charge is 0.216 e. The summed E-state index contributed by atoms with van der Waals surface area (Å²) < 4.78 is 0. The van der Waals surface area contributed by atoms with Gasteiger partial charge in [0.15, 0.2) is 5.78 Å². The number of aryl methyl sites for hydroxylation is 1. The molecule has 1 rings (SSSR count). The lowest BCUT2D eigenvalue weighted by Gasteiger charge is -2.06. The van der Waals surface area contributed by atoms with Crippen LogP contribution in [0.4, 0.5) is 0 Å². The molecule has 4 nitrogen and oxygen atoms in total. The third kappa shape index (κ3) is 4.85. The number of carbonyl (C=O) groups excluding carboxylic acids is 2. The molecule has 0 fully saturated rings. The number of hydrogen-bond acceptors (Lipinski definition) is 3. The summed E-state index contributed by atoms with van der Waals surface area (Å²) in [6.45, 7) is 4.66. The van der Waals surface area contributed by atoms with Gasteiger partial charge in [0.25, 0.3) is 0 Å². The third-order valence-corrected chi connectivity index (χ3v) is 2.87. The van der Waals surface area contributed by atoms with E-state index in [0.29, 0.717) is 23.7 Å². The third-order valence-electron chi connectivity index (χ3n) is 2.44. The van der Waals surface area contributed by atoms with Crippen LogP contribution in [0.1, 0.15) is 22.8 Å². The number of rotatable bonds is 6. The van der Waals surface area contributed by atoms with Gasteiger partial charge in [0.1, 0.15) is 0 Å². The highest BCUT2D eigenvalue weighted by Gasteiger charge is 2.06.